The van der Waals surface area contributed by atoms with E-state index in [1.807, 2.05) is 24.1 Å². The van der Waals surface area contributed by atoms with Crippen LogP contribution in [0.1, 0.15) is 65.6 Å². The lowest BCUT2D eigenvalue weighted by Crippen LogP contribution is -2.63. The lowest BCUT2D eigenvalue weighted by Gasteiger charge is -2.56. The molecular formula is C28H34N4O2S. The third-order valence-corrected chi connectivity index (χ3v) is 8.80. The van der Waals surface area contributed by atoms with Crippen LogP contribution in [0.4, 0.5) is 5.69 Å². The molecule has 184 valence electrons. The molecule has 35 heavy (non-hydrogen) atoms. The average molecular weight is 491 g/mol. The van der Waals surface area contributed by atoms with Crippen molar-refractivity contribution in [3.05, 3.63) is 75.5 Å². The molecule has 3 aromatic rings. The molecule has 2 unspecified atom stereocenters. The lowest BCUT2D eigenvalue weighted by atomic mass is 9.62. The Morgan fingerprint density at radius 3 is 2.46 bits per heavy atom. The van der Waals surface area contributed by atoms with Gasteiger partial charge in [0.15, 0.2) is 0 Å². The van der Waals surface area contributed by atoms with Crippen LogP contribution < -0.4 is 4.90 Å². The van der Waals surface area contributed by atoms with Gasteiger partial charge in [-0.1, -0.05) is 45.0 Å². The fraction of sp³-hybridized carbons (Fsp3) is 0.464. The monoisotopic (exact) mass is 490 g/mol. The first-order valence-electron chi connectivity index (χ1n) is 12.3. The van der Waals surface area contributed by atoms with Gasteiger partial charge in [0, 0.05) is 60.2 Å². The first-order chi connectivity index (χ1) is 16.6. The van der Waals surface area contributed by atoms with Crippen molar-refractivity contribution in [1.29, 1.82) is 0 Å². The summed E-state index contributed by atoms with van der Waals surface area (Å²) in [4.78, 5) is 27.1. The molecule has 0 spiro atoms. The summed E-state index contributed by atoms with van der Waals surface area (Å²) in [6.07, 6.45) is 5.85. The highest BCUT2D eigenvalue weighted by atomic mass is 32.1. The van der Waals surface area contributed by atoms with E-state index in [-0.39, 0.29) is 17.2 Å². The topological polar surface area (TPSA) is 69.6 Å². The van der Waals surface area contributed by atoms with Gasteiger partial charge in [-0.15, -0.1) is 11.3 Å². The van der Waals surface area contributed by atoms with Gasteiger partial charge in [-0.25, -0.2) is 4.98 Å². The van der Waals surface area contributed by atoms with Crippen molar-refractivity contribution >= 4 is 22.9 Å². The Kier molecular flexibility index (Phi) is 6.06. The van der Waals surface area contributed by atoms with Gasteiger partial charge in [0.1, 0.15) is 5.60 Å². The standard InChI is InChI=1S/C28H34N4O2S/c1-18(2)20-6-8-22(9-7-20)28(34,27(4)16-31(5)17-27)23-11-24(13-29-12-23)32-15-21(10-26(32)33)25-14-30-19(3)35-25/h6-9,11-14,18,21,34H,10,15-17H2,1-5H3. The number of nitrogens with zero attached hydrogens (tertiary/aromatic N) is 4. The predicted octanol–water partition coefficient (Wildman–Crippen LogP) is 4.68. The molecular weight excluding hydrogens is 456 g/mol. The molecule has 4 heterocycles. The molecule has 2 aliphatic heterocycles. The first kappa shape index (κ1) is 24.1. The van der Waals surface area contributed by atoms with Crippen LogP contribution in [0.15, 0.2) is 48.9 Å². The number of amides is 1. The molecule has 1 aromatic carbocycles. The molecule has 0 aliphatic carbocycles. The second-order valence-corrected chi connectivity index (χ2v) is 12.1. The van der Waals surface area contributed by atoms with Crippen molar-refractivity contribution in [2.75, 3.05) is 31.6 Å². The molecule has 2 aromatic heterocycles. The number of hydrogen-bond acceptors (Lipinski definition) is 6. The molecule has 0 saturated carbocycles. The Labute approximate surface area is 211 Å². The Hall–Kier alpha value is -2.61. The Bertz CT molecular complexity index is 1230. The Balaban J connectivity index is 1.52. The van der Waals surface area contributed by atoms with Crippen LogP contribution in [0.5, 0.6) is 0 Å². The first-order valence-corrected chi connectivity index (χ1v) is 13.1. The molecule has 2 saturated heterocycles. The van der Waals surface area contributed by atoms with Crippen LogP contribution in [0, 0.1) is 12.3 Å². The zero-order valence-electron chi connectivity index (χ0n) is 21.2. The third kappa shape index (κ3) is 4.09. The molecule has 5 rings (SSSR count). The van der Waals surface area contributed by atoms with Crippen molar-refractivity contribution in [3.63, 3.8) is 0 Å². The third-order valence-electron chi connectivity index (χ3n) is 7.73. The van der Waals surface area contributed by atoms with E-state index in [1.54, 1.807) is 23.7 Å². The molecule has 2 fully saturated rings. The normalized spacial score (nSPS) is 21.9. The summed E-state index contributed by atoms with van der Waals surface area (Å²) in [5, 5.41) is 13.5. The van der Waals surface area contributed by atoms with E-state index in [4.69, 9.17) is 0 Å². The van der Waals surface area contributed by atoms with E-state index in [0.717, 1.165) is 39.8 Å². The van der Waals surface area contributed by atoms with Crippen molar-refractivity contribution < 1.29 is 9.90 Å². The number of aliphatic hydroxyl groups is 1. The van der Waals surface area contributed by atoms with E-state index in [2.05, 4.69) is 67.0 Å². The summed E-state index contributed by atoms with van der Waals surface area (Å²) in [5.41, 5.74) is 1.97. The summed E-state index contributed by atoms with van der Waals surface area (Å²) in [6, 6.07) is 10.3. The van der Waals surface area contributed by atoms with Gasteiger partial charge in [0.2, 0.25) is 5.91 Å². The number of thiazole rings is 1. The lowest BCUT2D eigenvalue weighted by molar-refractivity contribution is -0.127. The van der Waals surface area contributed by atoms with Gasteiger partial charge >= 0.3 is 0 Å². The number of pyridine rings is 1. The number of carbonyl (C=O) groups is 1. The van der Waals surface area contributed by atoms with Gasteiger partial charge in [-0.3, -0.25) is 9.78 Å². The highest BCUT2D eigenvalue weighted by Crippen LogP contribution is 2.50. The van der Waals surface area contributed by atoms with Crippen molar-refractivity contribution in [1.82, 2.24) is 14.9 Å². The average Bonchev–Trinajstić information content (AvgIpc) is 3.43. The number of benzene rings is 1. The molecule has 2 aliphatic rings. The molecule has 2 atom stereocenters. The van der Waals surface area contributed by atoms with E-state index in [9.17, 15) is 9.90 Å². The number of hydrogen-bond donors (Lipinski definition) is 1. The maximum Gasteiger partial charge on any atom is 0.227 e. The number of anilines is 1. The quantitative estimate of drug-likeness (QED) is 0.543. The smallest absolute Gasteiger partial charge is 0.227 e. The van der Waals surface area contributed by atoms with Gasteiger partial charge in [0.05, 0.1) is 16.9 Å². The molecule has 0 radical (unpaired) electrons. The minimum Gasteiger partial charge on any atom is -0.380 e. The van der Waals surface area contributed by atoms with E-state index >= 15 is 0 Å². The summed E-state index contributed by atoms with van der Waals surface area (Å²) in [7, 11) is 2.07. The number of aryl methyl sites for hydroxylation is 1. The fourth-order valence-electron chi connectivity index (χ4n) is 5.83. The summed E-state index contributed by atoms with van der Waals surface area (Å²) < 4.78 is 0. The van der Waals surface area contributed by atoms with Crippen LogP contribution in [-0.4, -0.2) is 52.6 Å². The second-order valence-electron chi connectivity index (χ2n) is 10.8. The number of carbonyl (C=O) groups excluding carboxylic acids is 1. The van der Waals surface area contributed by atoms with Gasteiger partial charge in [0.25, 0.3) is 0 Å². The SMILES string of the molecule is Cc1ncc(C2CC(=O)N(c3cncc(C(O)(c4ccc(C(C)C)cc4)C4(C)CN(C)C4)c3)C2)s1. The maximum absolute atomic E-state index is 13.0. The second kappa shape index (κ2) is 8.80. The Morgan fingerprint density at radius 1 is 1.14 bits per heavy atom. The Morgan fingerprint density at radius 2 is 1.86 bits per heavy atom. The van der Waals surface area contributed by atoms with Crippen LogP contribution >= 0.6 is 11.3 Å². The van der Waals surface area contributed by atoms with Crippen molar-refractivity contribution in [2.45, 2.75) is 51.6 Å². The highest BCUT2D eigenvalue weighted by Gasteiger charge is 2.55. The minimum absolute atomic E-state index is 0.0828. The van der Waals surface area contributed by atoms with Crippen LogP contribution in [0.2, 0.25) is 0 Å². The maximum atomic E-state index is 13.0. The largest absolute Gasteiger partial charge is 0.380 e. The number of likely N-dealkylation sites (tertiary alicyclic amines) is 1. The zero-order chi connectivity index (χ0) is 25.0. The van der Waals surface area contributed by atoms with Crippen LogP contribution in [0.3, 0.4) is 0 Å². The van der Waals surface area contributed by atoms with Gasteiger partial charge in [-0.2, -0.15) is 0 Å². The van der Waals surface area contributed by atoms with Crippen molar-refractivity contribution in [3.8, 4) is 0 Å². The van der Waals surface area contributed by atoms with Gasteiger partial charge < -0.3 is 14.9 Å². The molecule has 0 bridgehead atoms. The number of aromatic nitrogens is 2. The van der Waals surface area contributed by atoms with Crippen LogP contribution in [-0.2, 0) is 10.4 Å². The predicted molar refractivity (Wildman–Crippen MR) is 140 cm³/mol. The van der Waals surface area contributed by atoms with E-state index in [0.29, 0.717) is 18.9 Å². The highest BCUT2D eigenvalue weighted by molar-refractivity contribution is 7.11. The summed E-state index contributed by atoms with van der Waals surface area (Å²) in [6.45, 7) is 10.6. The minimum atomic E-state index is -1.23. The van der Waals surface area contributed by atoms with Gasteiger partial charge in [-0.05, 0) is 37.1 Å². The zero-order valence-corrected chi connectivity index (χ0v) is 22.0. The number of rotatable bonds is 6. The van der Waals surface area contributed by atoms with E-state index in [1.165, 1.54) is 5.56 Å². The molecule has 1 amide bonds. The summed E-state index contributed by atoms with van der Waals surface area (Å²) in [5.74, 6) is 0.640. The van der Waals surface area contributed by atoms with Crippen molar-refractivity contribution in [2.24, 2.45) is 5.41 Å². The van der Waals surface area contributed by atoms with Crippen LogP contribution in [0.25, 0.3) is 0 Å². The summed E-state index contributed by atoms with van der Waals surface area (Å²) >= 11 is 1.66. The molecule has 7 heteroatoms. The fourth-order valence-corrected chi connectivity index (χ4v) is 6.71. The molecule has 1 N–H and O–H groups in total. The molecule has 6 nitrogen and oxygen atoms in total. The van der Waals surface area contributed by atoms with E-state index < -0.39 is 5.60 Å².